The van der Waals surface area contributed by atoms with Gasteiger partial charge in [0.1, 0.15) is 0 Å². The van der Waals surface area contributed by atoms with Crippen molar-refractivity contribution in [3.05, 3.63) is 0 Å². The Bertz CT molecular complexity index is 304. The number of rotatable bonds is 6. The third-order valence-corrected chi connectivity index (χ3v) is 3.39. The summed E-state index contributed by atoms with van der Waals surface area (Å²) in [7, 11) is 1.46. The Hall–Kier alpha value is -0.250. The maximum Gasteiger partial charge on any atom is 0.401 e. The second-order valence-electron chi connectivity index (χ2n) is 5.45. The molecule has 1 fully saturated rings. The Morgan fingerprint density at radius 1 is 1.29 bits per heavy atom. The van der Waals surface area contributed by atoms with Crippen LogP contribution in [0.4, 0.5) is 13.2 Å². The van der Waals surface area contributed by atoms with Crippen molar-refractivity contribution >= 4 is 29.9 Å². The van der Waals surface area contributed by atoms with Crippen LogP contribution in [0.2, 0.25) is 0 Å². The zero-order valence-electron chi connectivity index (χ0n) is 12.5. The van der Waals surface area contributed by atoms with Gasteiger partial charge in [-0.05, 0) is 32.9 Å². The SMILES string of the molecule is CN(CCCN=C(N)NC1CCCCC1)CC(F)(F)F.I. The van der Waals surface area contributed by atoms with Crippen LogP contribution in [0.1, 0.15) is 38.5 Å². The zero-order chi connectivity index (χ0) is 15.0. The molecule has 0 heterocycles. The van der Waals surface area contributed by atoms with E-state index in [9.17, 15) is 13.2 Å². The second-order valence-corrected chi connectivity index (χ2v) is 5.45. The highest BCUT2D eigenvalue weighted by Crippen LogP contribution is 2.17. The van der Waals surface area contributed by atoms with Gasteiger partial charge >= 0.3 is 6.18 Å². The summed E-state index contributed by atoms with van der Waals surface area (Å²) in [4.78, 5) is 5.41. The summed E-state index contributed by atoms with van der Waals surface area (Å²) in [6, 6.07) is 0.403. The molecule has 0 aromatic heterocycles. The van der Waals surface area contributed by atoms with Gasteiger partial charge in [-0.2, -0.15) is 13.2 Å². The Kier molecular flexibility index (Phi) is 10.3. The summed E-state index contributed by atoms with van der Waals surface area (Å²) in [6.45, 7) is -0.0695. The first-order chi connectivity index (χ1) is 9.37. The number of alkyl halides is 3. The molecule has 0 atom stereocenters. The monoisotopic (exact) mass is 422 g/mol. The number of nitrogens with one attached hydrogen (secondary N) is 1. The molecule has 0 aromatic rings. The first-order valence-corrected chi connectivity index (χ1v) is 7.18. The van der Waals surface area contributed by atoms with Crippen molar-refractivity contribution < 1.29 is 13.2 Å². The Morgan fingerprint density at radius 3 is 2.48 bits per heavy atom. The van der Waals surface area contributed by atoms with Crippen LogP contribution in [0.25, 0.3) is 0 Å². The highest BCUT2D eigenvalue weighted by molar-refractivity contribution is 14.0. The van der Waals surface area contributed by atoms with Gasteiger partial charge in [0.05, 0.1) is 6.54 Å². The van der Waals surface area contributed by atoms with Crippen LogP contribution in [-0.4, -0.2) is 49.8 Å². The fourth-order valence-electron chi connectivity index (χ4n) is 2.43. The highest BCUT2D eigenvalue weighted by Gasteiger charge is 2.28. The Morgan fingerprint density at radius 2 is 1.90 bits per heavy atom. The standard InChI is InChI=1S/C13H25F3N4.HI/c1-20(10-13(14,15)16)9-5-8-18-12(17)19-11-6-3-2-4-7-11;/h11H,2-10H2,1H3,(H3,17,18,19);1H. The number of hydrogen-bond donors (Lipinski definition) is 2. The number of nitrogens with two attached hydrogens (primary N) is 1. The molecule has 1 saturated carbocycles. The molecule has 0 amide bonds. The van der Waals surface area contributed by atoms with E-state index in [0.29, 0.717) is 31.5 Å². The third kappa shape index (κ3) is 11.0. The molecule has 1 aliphatic rings. The minimum absolute atomic E-state index is 0. The summed E-state index contributed by atoms with van der Waals surface area (Å²) in [6.07, 6.45) is 2.37. The number of halogens is 4. The predicted molar refractivity (Wildman–Crippen MR) is 90.1 cm³/mol. The number of hydrogen-bond acceptors (Lipinski definition) is 2. The van der Waals surface area contributed by atoms with E-state index in [1.165, 1.54) is 31.2 Å². The first kappa shape index (κ1) is 20.8. The molecule has 4 nitrogen and oxygen atoms in total. The van der Waals surface area contributed by atoms with Crippen LogP contribution in [0, 0.1) is 0 Å². The van der Waals surface area contributed by atoms with Crippen LogP contribution in [0.3, 0.4) is 0 Å². The average molecular weight is 422 g/mol. The smallest absolute Gasteiger partial charge is 0.370 e. The molecule has 8 heteroatoms. The molecular formula is C13H26F3IN4. The van der Waals surface area contributed by atoms with Gasteiger partial charge in [0.25, 0.3) is 0 Å². The largest absolute Gasteiger partial charge is 0.401 e. The maximum atomic E-state index is 12.1. The van der Waals surface area contributed by atoms with E-state index in [0.717, 1.165) is 12.8 Å². The van der Waals surface area contributed by atoms with Gasteiger partial charge in [-0.1, -0.05) is 19.3 Å². The fourth-order valence-corrected chi connectivity index (χ4v) is 2.43. The topological polar surface area (TPSA) is 53.6 Å². The molecule has 21 heavy (non-hydrogen) atoms. The van der Waals surface area contributed by atoms with Crippen molar-refractivity contribution in [1.29, 1.82) is 0 Å². The number of guanidine groups is 1. The van der Waals surface area contributed by atoms with E-state index in [1.807, 2.05) is 0 Å². The van der Waals surface area contributed by atoms with Crippen LogP contribution in [0.5, 0.6) is 0 Å². The van der Waals surface area contributed by atoms with Gasteiger partial charge < -0.3 is 11.1 Å². The molecule has 1 aliphatic carbocycles. The summed E-state index contributed by atoms with van der Waals surface area (Å²) in [5.74, 6) is 0.412. The minimum atomic E-state index is -4.14. The Labute approximate surface area is 141 Å². The average Bonchev–Trinajstić information content (AvgIpc) is 2.34. The van der Waals surface area contributed by atoms with Crippen LogP contribution in [-0.2, 0) is 0 Å². The lowest BCUT2D eigenvalue weighted by molar-refractivity contribution is -0.143. The van der Waals surface area contributed by atoms with Crippen molar-refractivity contribution in [1.82, 2.24) is 10.2 Å². The lowest BCUT2D eigenvalue weighted by atomic mass is 9.96. The summed E-state index contributed by atoms with van der Waals surface area (Å²) >= 11 is 0. The summed E-state index contributed by atoms with van der Waals surface area (Å²) in [5, 5.41) is 3.18. The predicted octanol–water partition coefficient (Wildman–Crippen LogP) is 2.73. The normalized spacial score (nSPS) is 17.7. The molecule has 0 aromatic carbocycles. The summed E-state index contributed by atoms with van der Waals surface area (Å²) < 4.78 is 36.3. The van der Waals surface area contributed by atoms with E-state index in [-0.39, 0.29) is 24.0 Å². The molecular weight excluding hydrogens is 396 g/mol. The molecule has 0 saturated heterocycles. The van der Waals surface area contributed by atoms with Gasteiger partial charge in [-0.3, -0.25) is 9.89 Å². The van der Waals surface area contributed by atoms with Crippen molar-refractivity contribution in [2.24, 2.45) is 10.7 Å². The Balaban J connectivity index is 0.00000400. The molecule has 0 unspecified atom stereocenters. The van der Waals surface area contributed by atoms with Crippen molar-refractivity contribution in [2.75, 3.05) is 26.7 Å². The van der Waals surface area contributed by atoms with Gasteiger partial charge in [0, 0.05) is 12.6 Å². The van der Waals surface area contributed by atoms with E-state index < -0.39 is 12.7 Å². The first-order valence-electron chi connectivity index (χ1n) is 7.18. The highest BCUT2D eigenvalue weighted by atomic mass is 127. The molecule has 3 N–H and O–H groups in total. The summed E-state index contributed by atoms with van der Waals surface area (Å²) in [5.41, 5.74) is 5.77. The van der Waals surface area contributed by atoms with Crippen molar-refractivity contribution in [3.8, 4) is 0 Å². The molecule has 0 bridgehead atoms. The van der Waals surface area contributed by atoms with E-state index >= 15 is 0 Å². The van der Waals surface area contributed by atoms with Crippen LogP contribution >= 0.6 is 24.0 Å². The zero-order valence-corrected chi connectivity index (χ0v) is 14.8. The molecule has 1 rings (SSSR count). The van der Waals surface area contributed by atoms with Gasteiger partial charge in [0.2, 0.25) is 0 Å². The number of nitrogens with zero attached hydrogens (tertiary/aromatic N) is 2. The van der Waals surface area contributed by atoms with Crippen molar-refractivity contribution in [2.45, 2.75) is 50.7 Å². The quantitative estimate of drug-likeness (QED) is 0.300. The van der Waals surface area contributed by atoms with Gasteiger partial charge in [-0.25, -0.2) is 0 Å². The third-order valence-electron chi connectivity index (χ3n) is 3.39. The lowest BCUT2D eigenvalue weighted by Crippen LogP contribution is -2.41. The molecule has 0 spiro atoms. The van der Waals surface area contributed by atoms with Gasteiger partial charge in [-0.15, -0.1) is 24.0 Å². The van der Waals surface area contributed by atoms with E-state index in [1.54, 1.807) is 0 Å². The van der Waals surface area contributed by atoms with E-state index in [4.69, 9.17) is 5.73 Å². The molecule has 126 valence electrons. The number of aliphatic imine (C=N–C) groups is 1. The van der Waals surface area contributed by atoms with Crippen molar-refractivity contribution in [3.63, 3.8) is 0 Å². The minimum Gasteiger partial charge on any atom is -0.370 e. The van der Waals surface area contributed by atoms with Crippen LogP contribution in [0.15, 0.2) is 4.99 Å². The second kappa shape index (κ2) is 10.5. The lowest BCUT2D eigenvalue weighted by Gasteiger charge is -2.23. The fraction of sp³-hybridized carbons (Fsp3) is 0.923. The van der Waals surface area contributed by atoms with E-state index in [2.05, 4.69) is 10.3 Å². The molecule has 0 aliphatic heterocycles. The van der Waals surface area contributed by atoms with Gasteiger partial charge in [0.15, 0.2) is 5.96 Å². The van der Waals surface area contributed by atoms with Crippen LogP contribution < -0.4 is 11.1 Å². The maximum absolute atomic E-state index is 12.1. The molecule has 0 radical (unpaired) electrons.